The van der Waals surface area contributed by atoms with Crippen LogP contribution in [0.3, 0.4) is 0 Å². The fourth-order valence-electron chi connectivity index (χ4n) is 0.410. The van der Waals surface area contributed by atoms with Gasteiger partial charge >= 0.3 is 0 Å². The lowest BCUT2D eigenvalue weighted by atomic mass is 9.94. The maximum atomic E-state index is 9.44. The number of nitrogens with zero attached hydrogens (tertiary/aromatic N) is 1. The van der Waals surface area contributed by atoms with E-state index in [9.17, 15) is 5.11 Å². The Hall–Kier alpha value is -0.370. The molecule has 0 aromatic carbocycles. The highest BCUT2D eigenvalue weighted by molar-refractivity contribution is 5.67. The van der Waals surface area contributed by atoms with Gasteiger partial charge in [0.2, 0.25) is 0 Å². The number of aliphatic imine (C=N–C) groups is 1. The van der Waals surface area contributed by atoms with E-state index in [0.717, 1.165) is 0 Å². The molecular formula is C7H15NO. The summed E-state index contributed by atoms with van der Waals surface area (Å²) in [4.78, 5) is 3.75. The Labute approximate surface area is 56.6 Å². The van der Waals surface area contributed by atoms with E-state index < -0.39 is 5.60 Å². The summed E-state index contributed by atoms with van der Waals surface area (Å²) in [5, 5.41) is 9.44. The largest absolute Gasteiger partial charge is 0.384 e. The lowest BCUT2D eigenvalue weighted by Gasteiger charge is -2.21. The molecule has 0 aliphatic rings. The quantitative estimate of drug-likeness (QED) is 0.556. The van der Waals surface area contributed by atoms with Crippen LogP contribution in [0.2, 0.25) is 0 Å². The second-order valence-corrected chi connectivity index (χ2v) is 2.77. The van der Waals surface area contributed by atoms with Gasteiger partial charge < -0.3 is 5.11 Å². The highest BCUT2D eigenvalue weighted by Gasteiger charge is 2.21. The number of hydrogen-bond donors (Lipinski definition) is 1. The van der Waals surface area contributed by atoms with Crippen molar-refractivity contribution in [2.75, 3.05) is 7.05 Å². The van der Waals surface area contributed by atoms with Gasteiger partial charge in [-0.2, -0.15) is 0 Å². The molecule has 0 aromatic heterocycles. The number of rotatable bonds is 2. The number of hydrogen-bond acceptors (Lipinski definition) is 2. The summed E-state index contributed by atoms with van der Waals surface area (Å²) < 4.78 is 0. The molecule has 0 rings (SSSR count). The predicted octanol–water partition coefficient (Wildman–Crippen LogP) is 1.09. The minimum Gasteiger partial charge on any atom is -0.384 e. The topological polar surface area (TPSA) is 32.6 Å². The van der Waals surface area contributed by atoms with E-state index >= 15 is 0 Å². The number of aliphatic hydroxyl groups is 1. The fraction of sp³-hybridized carbons (Fsp3) is 0.857. The summed E-state index contributed by atoms with van der Waals surface area (Å²) in [6.07, 6.45) is 1.57. The molecule has 0 heterocycles. The van der Waals surface area contributed by atoms with Crippen LogP contribution in [0.25, 0.3) is 0 Å². The fourth-order valence-corrected chi connectivity index (χ4v) is 0.410. The van der Waals surface area contributed by atoms with E-state index in [-0.39, 0.29) is 5.92 Å². The summed E-state index contributed by atoms with van der Waals surface area (Å²) in [5.41, 5.74) is -0.741. The first-order valence-electron chi connectivity index (χ1n) is 3.16. The van der Waals surface area contributed by atoms with Crippen LogP contribution in [0.15, 0.2) is 4.99 Å². The summed E-state index contributed by atoms with van der Waals surface area (Å²) in [6, 6.07) is 0. The second kappa shape index (κ2) is 2.97. The molecule has 9 heavy (non-hydrogen) atoms. The van der Waals surface area contributed by atoms with Crippen molar-refractivity contribution in [2.24, 2.45) is 10.9 Å². The third kappa shape index (κ3) is 2.61. The van der Waals surface area contributed by atoms with Gasteiger partial charge in [-0.05, 0) is 12.8 Å². The SMILES string of the molecule is CN=CC(C)(O)C(C)C. The standard InChI is InChI=1S/C7H15NO/c1-6(2)7(3,9)5-8-4/h5-6,9H,1-4H3. The zero-order chi connectivity index (χ0) is 7.49. The van der Waals surface area contributed by atoms with Gasteiger partial charge in [0.05, 0.1) is 5.60 Å². The molecule has 0 aliphatic carbocycles. The third-order valence-corrected chi connectivity index (χ3v) is 1.56. The molecule has 2 nitrogen and oxygen atoms in total. The first-order valence-corrected chi connectivity index (χ1v) is 3.16. The van der Waals surface area contributed by atoms with E-state index in [2.05, 4.69) is 4.99 Å². The summed E-state index contributed by atoms with van der Waals surface area (Å²) in [7, 11) is 1.66. The minimum absolute atomic E-state index is 0.223. The highest BCUT2D eigenvalue weighted by atomic mass is 16.3. The van der Waals surface area contributed by atoms with Gasteiger partial charge in [0, 0.05) is 13.3 Å². The normalized spacial score (nSPS) is 18.9. The van der Waals surface area contributed by atoms with Crippen molar-refractivity contribution in [2.45, 2.75) is 26.4 Å². The second-order valence-electron chi connectivity index (χ2n) is 2.77. The first kappa shape index (κ1) is 8.63. The average Bonchev–Trinajstić information content (AvgIpc) is 1.65. The Kier molecular flexibility index (Phi) is 2.85. The van der Waals surface area contributed by atoms with Crippen molar-refractivity contribution in [1.29, 1.82) is 0 Å². The van der Waals surface area contributed by atoms with Gasteiger partial charge in [0.25, 0.3) is 0 Å². The van der Waals surface area contributed by atoms with Gasteiger partial charge in [-0.3, -0.25) is 4.99 Å². The molecule has 0 radical (unpaired) electrons. The monoisotopic (exact) mass is 129 g/mol. The molecule has 54 valence electrons. The van der Waals surface area contributed by atoms with Gasteiger partial charge in [0.1, 0.15) is 0 Å². The van der Waals surface area contributed by atoms with Crippen LogP contribution in [0, 0.1) is 5.92 Å². The van der Waals surface area contributed by atoms with Gasteiger partial charge in [0.15, 0.2) is 0 Å². The van der Waals surface area contributed by atoms with Crippen molar-refractivity contribution < 1.29 is 5.11 Å². The minimum atomic E-state index is -0.741. The molecule has 1 atom stereocenters. The van der Waals surface area contributed by atoms with Gasteiger partial charge in [-0.15, -0.1) is 0 Å². The molecule has 0 saturated carbocycles. The molecule has 1 N–H and O–H groups in total. The third-order valence-electron chi connectivity index (χ3n) is 1.56. The Bertz CT molecular complexity index is 105. The van der Waals surface area contributed by atoms with Crippen LogP contribution >= 0.6 is 0 Å². The predicted molar refractivity (Wildman–Crippen MR) is 39.9 cm³/mol. The van der Waals surface area contributed by atoms with Crippen molar-refractivity contribution in [3.05, 3.63) is 0 Å². The van der Waals surface area contributed by atoms with Crippen LogP contribution in [-0.2, 0) is 0 Å². The average molecular weight is 129 g/mol. The Morgan fingerprint density at radius 1 is 1.56 bits per heavy atom. The molecule has 0 amide bonds. The molecule has 0 fully saturated rings. The molecule has 0 aromatic rings. The van der Waals surface area contributed by atoms with E-state index in [1.165, 1.54) is 0 Å². The van der Waals surface area contributed by atoms with Crippen LogP contribution in [-0.4, -0.2) is 24.0 Å². The zero-order valence-electron chi connectivity index (χ0n) is 6.55. The molecule has 0 aliphatic heterocycles. The smallest absolute Gasteiger partial charge is 0.0987 e. The van der Waals surface area contributed by atoms with Crippen molar-refractivity contribution in [3.8, 4) is 0 Å². The Morgan fingerprint density at radius 2 is 2.00 bits per heavy atom. The molecule has 0 bridgehead atoms. The van der Waals surface area contributed by atoms with Crippen LogP contribution in [0.1, 0.15) is 20.8 Å². The molecule has 0 saturated heterocycles. The van der Waals surface area contributed by atoms with Gasteiger partial charge in [-0.1, -0.05) is 13.8 Å². The maximum Gasteiger partial charge on any atom is 0.0987 e. The zero-order valence-corrected chi connectivity index (χ0v) is 6.55. The lowest BCUT2D eigenvalue weighted by molar-refractivity contribution is 0.0879. The first-order chi connectivity index (χ1) is 4.00. The lowest BCUT2D eigenvalue weighted by Crippen LogP contribution is -2.32. The summed E-state index contributed by atoms with van der Waals surface area (Å²) >= 11 is 0. The molecule has 0 spiro atoms. The molecule has 2 heteroatoms. The Morgan fingerprint density at radius 3 is 2.11 bits per heavy atom. The van der Waals surface area contributed by atoms with Crippen molar-refractivity contribution in [3.63, 3.8) is 0 Å². The van der Waals surface area contributed by atoms with E-state index in [4.69, 9.17) is 0 Å². The van der Waals surface area contributed by atoms with Crippen LogP contribution in [0.4, 0.5) is 0 Å². The van der Waals surface area contributed by atoms with Crippen molar-refractivity contribution in [1.82, 2.24) is 0 Å². The Balaban J connectivity index is 4.01. The molecule has 1 unspecified atom stereocenters. The van der Waals surface area contributed by atoms with Crippen LogP contribution in [0.5, 0.6) is 0 Å². The van der Waals surface area contributed by atoms with E-state index in [1.54, 1.807) is 20.2 Å². The van der Waals surface area contributed by atoms with E-state index in [1.807, 2.05) is 13.8 Å². The highest BCUT2D eigenvalue weighted by Crippen LogP contribution is 2.12. The summed E-state index contributed by atoms with van der Waals surface area (Å²) in [6.45, 7) is 5.67. The van der Waals surface area contributed by atoms with Crippen LogP contribution < -0.4 is 0 Å². The van der Waals surface area contributed by atoms with E-state index in [0.29, 0.717) is 0 Å². The maximum absolute atomic E-state index is 9.44. The van der Waals surface area contributed by atoms with Gasteiger partial charge in [-0.25, -0.2) is 0 Å². The summed E-state index contributed by atoms with van der Waals surface area (Å²) in [5.74, 6) is 0.223. The van der Waals surface area contributed by atoms with Crippen molar-refractivity contribution >= 4 is 6.21 Å². The molecular weight excluding hydrogens is 114 g/mol.